The molecule has 0 fully saturated rings. The average molecular weight is 415 g/mol. The Morgan fingerprint density at radius 3 is 2.69 bits per heavy atom. The zero-order valence-corrected chi connectivity index (χ0v) is 16.4. The summed E-state index contributed by atoms with van der Waals surface area (Å²) >= 11 is 1.48. The molecule has 0 saturated heterocycles. The number of carbonyl (C=O) groups is 2. The van der Waals surface area contributed by atoms with Gasteiger partial charge in [0.05, 0.1) is 11.7 Å². The Morgan fingerprint density at radius 1 is 1.17 bits per heavy atom. The molecular formula is C21H19F2N3O2S. The predicted octanol–water partition coefficient (Wildman–Crippen LogP) is 4.82. The zero-order valence-electron chi connectivity index (χ0n) is 15.6. The molecule has 2 aromatic carbocycles. The molecule has 0 bridgehead atoms. The number of ketones is 1. The lowest BCUT2D eigenvalue weighted by Crippen LogP contribution is -2.47. The van der Waals surface area contributed by atoms with Gasteiger partial charge in [-0.25, -0.2) is 13.6 Å². The minimum absolute atomic E-state index is 0.0520. The summed E-state index contributed by atoms with van der Waals surface area (Å²) in [5.74, 6) is -0.0520. The number of rotatable bonds is 4. The lowest BCUT2D eigenvalue weighted by atomic mass is 9.94. The number of carbonyl (C=O) groups excluding carboxylic acids is 2. The van der Waals surface area contributed by atoms with E-state index in [0.717, 1.165) is 10.5 Å². The van der Waals surface area contributed by atoms with Crippen molar-refractivity contribution in [3.8, 4) is 0 Å². The van der Waals surface area contributed by atoms with E-state index in [1.54, 1.807) is 12.1 Å². The Balaban J connectivity index is 1.84. The van der Waals surface area contributed by atoms with Gasteiger partial charge in [-0.2, -0.15) is 0 Å². The van der Waals surface area contributed by atoms with Crippen LogP contribution in [0.2, 0.25) is 0 Å². The van der Waals surface area contributed by atoms with E-state index >= 15 is 0 Å². The smallest absolute Gasteiger partial charge is 0.327 e. The second kappa shape index (κ2) is 7.51. The molecule has 2 amide bonds. The Kier molecular flexibility index (Phi) is 5.04. The molecule has 0 spiro atoms. The van der Waals surface area contributed by atoms with Crippen LogP contribution in [-0.2, 0) is 4.79 Å². The molecule has 3 N–H and O–H groups in total. The number of Topliss-reactive ketones (excluding diaryl/α,β-unsaturated/α-hetero) is 1. The Hall–Kier alpha value is -2.87. The van der Waals surface area contributed by atoms with Gasteiger partial charge in [0.15, 0.2) is 5.78 Å². The Bertz CT molecular complexity index is 1040. The number of nitrogen functional groups attached to an aromatic ring is 1. The molecule has 0 aromatic heterocycles. The molecule has 150 valence electrons. The van der Waals surface area contributed by atoms with Crippen molar-refractivity contribution in [2.45, 2.75) is 30.2 Å². The molecule has 5 nitrogen and oxygen atoms in total. The summed E-state index contributed by atoms with van der Waals surface area (Å²) in [5, 5.41) is 2.89. The average Bonchev–Trinajstić information content (AvgIpc) is 3.08. The number of thioether (sulfide) groups is 1. The van der Waals surface area contributed by atoms with Gasteiger partial charge in [0.1, 0.15) is 0 Å². The fraction of sp³-hybridized carbons (Fsp3) is 0.238. The molecular weight excluding hydrogens is 396 g/mol. The van der Waals surface area contributed by atoms with Gasteiger partial charge >= 0.3 is 6.03 Å². The van der Waals surface area contributed by atoms with E-state index < -0.39 is 18.5 Å². The highest BCUT2D eigenvalue weighted by molar-refractivity contribution is 7.98. The number of alkyl halides is 2. The third-order valence-corrected chi connectivity index (χ3v) is 5.97. The van der Waals surface area contributed by atoms with Gasteiger partial charge in [0.2, 0.25) is 0 Å². The van der Waals surface area contributed by atoms with Gasteiger partial charge in [-0.15, -0.1) is 11.8 Å². The van der Waals surface area contributed by atoms with Crippen LogP contribution in [0.4, 0.5) is 25.0 Å². The molecule has 29 heavy (non-hydrogen) atoms. The number of anilines is 2. The van der Waals surface area contributed by atoms with Crippen molar-refractivity contribution in [2.75, 3.05) is 16.9 Å². The van der Waals surface area contributed by atoms with Gasteiger partial charge in [-0.1, -0.05) is 18.2 Å². The normalized spacial score (nSPS) is 19.0. The molecule has 0 saturated carbocycles. The highest BCUT2D eigenvalue weighted by atomic mass is 32.2. The maximum atomic E-state index is 13.1. The molecule has 2 aliphatic rings. The third kappa shape index (κ3) is 3.37. The number of nitrogens with one attached hydrogen (secondary N) is 1. The van der Waals surface area contributed by atoms with Crippen LogP contribution in [0.15, 0.2) is 58.6 Å². The number of nitrogens with zero attached hydrogens (tertiary/aromatic N) is 1. The number of halogens is 2. The van der Waals surface area contributed by atoms with Crippen LogP contribution >= 0.6 is 11.8 Å². The van der Waals surface area contributed by atoms with Crippen molar-refractivity contribution < 1.29 is 18.4 Å². The number of hydrogen-bond acceptors (Lipinski definition) is 4. The van der Waals surface area contributed by atoms with Gasteiger partial charge in [-0.05, 0) is 42.5 Å². The van der Waals surface area contributed by atoms with Crippen molar-refractivity contribution in [3.05, 3.63) is 64.9 Å². The first-order chi connectivity index (χ1) is 13.9. The number of benzene rings is 2. The quantitative estimate of drug-likeness (QED) is 0.555. The lowest BCUT2D eigenvalue weighted by Gasteiger charge is -2.35. The molecule has 0 radical (unpaired) electrons. The summed E-state index contributed by atoms with van der Waals surface area (Å²) in [6, 6.07) is 10.00. The number of urea groups is 1. The van der Waals surface area contributed by atoms with Crippen molar-refractivity contribution >= 4 is 35.0 Å². The maximum Gasteiger partial charge on any atom is 0.327 e. The summed E-state index contributed by atoms with van der Waals surface area (Å²) in [4.78, 5) is 28.0. The maximum absolute atomic E-state index is 13.1. The van der Waals surface area contributed by atoms with Crippen LogP contribution in [0.5, 0.6) is 0 Å². The van der Waals surface area contributed by atoms with Crippen LogP contribution in [0, 0.1) is 0 Å². The standard InChI is InChI=1S/C21H19F2N3O2S/c1-29-17-10-12(24)5-6-14(17)19-18-15(7-8-16(18)27)26(21(28)25-19)13-4-2-3-11(9-13)20(22)23/h2-6,9-10,19-20H,7-8,24H2,1H3,(H,25,28). The molecule has 1 aliphatic carbocycles. The predicted molar refractivity (Wildman–Crippen MR) is 109 cm³/mol. The molecule has 8 heteroatoms. The van der Waals surface area contributed by atoms with Crippen LogP contribution in [0.25, 0.3) is 0 Å². The highest BCUT2D eigenvalue weighted by Crippen LogP contribution is 2.43. The summed E-state index contributed by atoms with van der Waals surface area (Å²) in [7, 11) is 0. The largest absolute Gasteiger partial charge is 0.399 e. The summed E-state index contributed by atoms with van der Waals surface area (Å²) in [5.41, 5.74) is 8.50. The third-order valence-electron chi connectivity index (χ3n) is 5.18. The molecule has 1 unspecified atom stereocenters. The van der Waals surface area contributed by atoms with E-state index in [0.29, 0.717) is 29.1 Å². The number of allylic oxidation sites excluding steroid dienone is 1. The van der Waals surface area contributed by atoms with Crippen LogP contribution < -0.4 is 16.0 Å². The van der Waals surface area contributed by atoms with E-state index in [2.05, 4.69) is 5.32 Å². The number of hydrogen-bond donors (Lipinski definition) is 2. The first kappa shape index (κ1) is 19.4. The first-order valence-electron chi connectivity index (χ1n) is 9.09. The fourth-order valence-electron chi connectivity index (χ4n) is 3.88. The minimum Gasteiger partial charge on any atom is -0.399 e. The van der Waals surface area contributed by atoms with Gasteiger partial charge in [0, 0.05) is 33.8 Å². The zero-order chi connectivity index (χ0) is 20.7. The van der Waals surface area contributed by atoms with Crippen LogP contribution in [0.3, 0.4) is 0 Å². The SMILES string of the molecule is CSc1cc(N)ccc1C1NC(=O)N(c2cccc(C(F)F)c2)C2=C1C(=O)CC2. The molecule has 4 rings (SSSR count). The second-order valence-electron chi connectivity index (χ2n) is 6.90. The molecule has 1 atom stereocenters. The summed E-state index contributed by atoms with van der Waals surface area (Å²) in [6.07, 6.45) is -0.0737. The van der Waals surface area contributed by atoms with E-state index in [4.69, 9.17) is 5.73 Å². The Labute approximate surface area is 170 Å². The van der Waals surface area contributed by atoms with E-state index in [1.165, 1.54) is 34.9 Å². The minimum atomic E-state index is -2.65. The first-order valence-corrected chi connectivity index (χ1v) is 10.3. The summed E-state index contributed by atoms with van der Waals surface area (Å²) in [6.45, 7) is 0. The topological polar surface area (TPSA) is 75.4 Å². The fourth-order valence-corrected chi connectivity index (χ4v) is 4.55. The summed E-state index contributed by atoms with van der Waals surface area (Å²) < 4.78 is 26.3. The molecule has 2 aromatic rings. The van der Waals surface area contributed by atoms with E-state index in [1.807, 2.05) is 18.4 Å². The van der Waals surface area contributed by atoms with Gasteiger partial charge < -0.3 is 11.1 Å². The van der Waals surface area contributed by atoms with E-state index in [9.17, 15) is 18.4 Å². The van der Waals surface area contributed by atoms with Gasteiger partial charge in [-0.3, -0.25) is 9.69 Å². The molecule has 1 heterocycles. The second-order valence-corrected chi connectivity index (χ2v) is 7.75. The highest BCUT2D eigenvalue weighted by Gasteiger charge is 2.41. The Morgan fingerprint density at radius 2 is 1.97 bits per heavy atom. The van der Waals surface area contributed by atoms with Crippen molar-refractivity contribution in [1.82, 2.24) is 5.32 Å². The number of amides is 2. The number of nitrogens with two attached hydrogens (primary N) is 1. The molecule has 1 aliphatic heterocycles. The van der Waals surface area contributed by atoms with E-state index in [-0.39, 0.29) is 17.8 Å². The van der Waals surface area contributed by atoms with Crippen molar-refractivity contribution in [3.63, 3.8) is 0 Å². The monoisotopic (exact) mass is 415 g/mol. The lowest BCUT2D eigenvalue weighted by molar-refractivity contribution is -0.115. The van der Waals surface area contributed by atoms with Crippen molar-refractivity contribution in [1.29, 1.82) is 0 Å². The van der Waals surface area contributed by atoms with Crippen LogP contribution in [-0.4, -0.2) is 18.1 Å². The van der Waals surface area contributed by atoms with Crippen molar-refractivity contribution in [2.24, 2.45) is 0 Å². The van der Waals surface area contributed by atoms with Gasteiger partial charge in [0.25, 0.3) is 6.43 Å². The van der Waals surface area contributed by atoms with Crippen LogP contribution in [0.1, 0.15) is 36.4 Å².